The van der Waals surface area contributed by atoms with Crippen molar-refractivity contribution in [3.05, 3.63) is 83.8 Å². The van der Waals surface area contributed by atoms with Gasteiger partial charge in [-0.3, -0.25) is 14.8 Å². The van der Waals surface area contributed by atoms with Crippen molar-refractivity contribution >= 4 is 22.9 Å². The fourth-order valence-corrected chi connectivity index (χ4v) is 4.62. The van der Waals surface area contributed by atoms with Crippen LogP contribution < -0.4 is 4.90 Å². The topological polar surface area (TPSA) is 59.0 Å². The largest absolute Gasteiger partial charge is 0.308 e. The molecule has 0 saturated heterocycles. The third kappa shape index (κ3) is 3.74. The van der Waals surface area contributed by atoms with Gasteiger partial charge in [0.2, 0.25) is 5.91 Å². The second-order valence-electron chi connectivity index (χ2n) is 7.31. The first-order chi connectivity index (χ1) is 14.8. The molecule has 0 bridgehead atoms. The van der Waals surface area contributed by atoms with Crippen LogP contribution in [0.3, 0.4) is 0 Å². The maximum Gasteiger partial charge on any atom is 0.227 e. The van der Waals surface area contributed by atoms with E-state index in [-0.39, 0.29) is 5.91 Å². The number of fused-ring (bicyclic) bond motifs is 1. The number of carbonyl (C=O) groups excluding carboxylic acids is 1. The average molecular weight is 413 g/mol. The number of pyridine rings is 2. The highest BCUT2D eigenvalue weighted by Gasteiger charge is 2.23. The number of carbonyl (C=O) groups is 1. The Morgan fingerprint density at radius 2 is 1.87 bits per heavy atom. The Morgan fingerprint density at radius 3 is 2.70 bits per heavy atom. The third-order valence-electron chi connectivity index (χ3n) is 5.30. The molecule has 0 fully saturated rings. The molecule has 1 aliphatic heterocycles. The van der Waals surface area contributed by atoms with Gasteiger partial charge in [-0.2, -0.15) is 0 Å². The van der Waals surface area contributed by atoms with Crippen LogP contribution in [0.2, 0.25) is 0 Å². The molecule has 30 heavy (non-hydrogen) atoms. The van der Waals surface area contributed by atoms with Gasteiger partial charge in [-0.25, -0.2) is 4.98 Å². The van der Waals surface area contributed by atoms with Gasteiger partial charge in [-0.1, -0.05) is 12.1 Å². The van der Waals surface area contributed by atoms with Gasteiger partial charge in [0, 0.05) is 53.4 Å². The van der Waals surface area contributed by atoms with Gasteiger partial charge in [0.05, 0.1) is 12.2 Å². The van der Waals surface area contributed by atoms with Gasteiger partial charge >= 0.3 is 0 Å². The summed E-state index contributed by atoms with van der Waals surface area (Å²) < 4.78 is 0. The Bertz CT molecular complexity index is 1170. The monoisotopic (exact) mass is 412 g/mol. The van der Waals surface area contributed by atoms with Gasteiger partial charge in [0.15, 0.2) is 0 Å². The second kappa shape index (κ2) is 8.16. The van der Waals surface area contributed by atoms with Crippen LogP contribution in [0.1, 0.15) is 24.0 Å². The van der Waals surface area contributed by atoms with Crippen LogP contribution in [-0.2, 0) is 17.8 Å². The van der Waals surface area contributed by atoms with Crippen molar-refractivity contribution < 1.29 is 4.79 Å². The number of nitrogens with zero attached hydrogens (tertiary/aromatic N) is 4. The average Bonchev–Trinajstić information content (AvgIpc) is 3.24. The molecule has 4 aromatic rings. The lowest BCUT2D eigenvalue weighted by Crippen LogP contribution is -2.29. The van der Waals surface area contributed by atoms with Crippen molar-refractivity contribution in [2.24, 2.45) is 0 Å². The molecule has 0 saturated carbocycles. The molecule has 1 amide bonds. The fourth-order valence-electron chi connectivity index (χ4n) is 3.79. The third-order valence-corrected chi connectivity index (χ3v) is 6.19. The highest BCUT2D eigenvalue weighted by atomic mass is 32.1. The number of thiazole rings is 1. The second-order valence-corrected chi connectivity index (χ2v) is 8.17. The van der Waals surface area contributed by atoms with Crippen molar-refractivity contribution in [2.45, 2.75) is 25.8 Å². The predicted octanol–water partition coefficient (Wildman–Crippen LogP) is 5.14. The first kappa shape index (κ1) is 18.6. The molecule has 5 nitrogen and oxygen atoms in total. The highest BCUT2D eigenvalue weighted by molar-refractivity contribution is 7.13. The molecule has 4 heterocycles. The Morgan fingerprint density at radius 1 is 0.967 bits per heavy atom. The zero-order valence-corrected chi connectivity index (χ0v) is 17.2. The summed E-state index contributed by atoms with van der Waals surface area (Å²) in [4.78, 5) is 27.8. The zero-order chi connectivity index (χ0) is 20.3. The van der Waals surface area contributed by atoms with Crippen molar-refractivity contribution in [2.75, 3.05) is 4.90 Å². The van der Waals surface area contributed by atoms with Crippen LogP contribution in [0, 0.1) is 0 Å². The molecule has 0 spiro atoms. The quantitative estimate of drug-likeness (QED) is 0.466. The molecule has 3 aromatic heterocycles. The van der Waals surface area contributed by atoms with E-state index in [4.69, 9.17) is 4.98 Å². The predicted molar refractivity (Wildman–Crippen MR) is 119 cm³/mol. The van der Waals surface area contributed by atoms with Crippen molar-refractivity contribution in [1.82, 2.24) is 15.0 Å². The molecular formula is C24H20N4OS. The molecule has 148 valence electrons. The van der Waals surface area contributed by atoms with E-state index >= 15 is 0 Å². The van der Waals surface area contributed by atoms with Crippen molar-refractivity contribution in [3.8, 4) is 21.8 Å². The SMILES string of the molecule is O=C1CCCc2cc(-c3csc(-c4ccncc4)n3)ccc2N1Cc1cccnc1. The molecule has 1 aromatic carbocycles. The first-order valence-corrected chi connectivity index (χ1v) is 10.8. The number of hydrogen-bond donors (Lipinski definition) is 0. The van der Waals surface area contributed by atoms with Crippen LogP contribution in [0.5, 0.6) is 0 Å². The number of aromatic nitrogens is 3. The Labute approximate surface area is 179 Å². The van der Waals surface area contributed by atoms with Gasteiger partial charge in [0.25, 0.3) is 0 Å². The van der Waals surface area contributed by atoms with E-state index < -0.39 is 0 Å². The van der Waals surface area contributed by atoms with E-state index in [2.05, 4.69) is 33.5 Å². The minimum atomic E-state index is 0.166. The number of anilines is 1. The van der Waals surface area contributed by atoms with E-state index in [1.165, 1.54) is 5.56 Å². The van der Waals surface area contributed by atoms with Crippen molar-refractivity contribution in [1.29, 1.82) is 0 Å². The summed E-state index contributed by atoms with van der Waals surface area (Å²) in [7, 11) is 0. The van der Waals surface area contributed by atoms with E-state index in [0.717, 1.165) is 45.9 Å². The summed E-state index contributed by atoms with van der Waals surface area (Å²) in [6.45, 7) is 0.544. The molecule has 0 radical (unpaired) electrons. The Hall–Kier alpha value is -3.38. The summed E-state index contributed by atoms with van der Waals surface area (Å²) >= 11 is 1.63. The lowest BCUT2D eigenvalue weighted by molar-refractivity contribution is -0.118. The number of hydrogen-bond acceptors (Lipinski definition) is 5. The molecule has 0 atom stereocenters. The number of benzene rings is 1. The minimum absolute atomic E-state index is 0.166. The first-order valence-electron chi connectivity index (χ1n) is 9.96. The molecule has 0 unspecified atom stereocenters. The normalized spacial score (nSPS) is 13.7. The standard InChI is InChI=1S/C24H20N4OS/c29-23-5-1-4-20-13-19(21-16-30-24(27-21)18-8-11-25-12-9-18)6-7-22(20)28(23)15-17-3-2-10-26-14-17/h2-3,6-14,16H,1,4-5,15H2. The lowest BCUT2D eigenvalue weighted by atomic mass is 10.0. The minimum Gasteiger partial charge on any atom is -0.308 e. The fraction of sp³-hybridized carbons (Fsp3) is 0.167. The molecule has 0 aliphatic carbocycles. The van der Waals surface area contributed by atoms with Crippen LogP contribution in [-0.4, -0.2) is 20.9 Å². The molecule has 5 rings (SSSR count). The summed E-state index contributed by atoms with van der Waals surface area (Å²) in [5.41, 5.74) is 6.34. The maximum atomic E-state index is 12.8. The lowest BCUT2D eigenvalue weighted by Gasteiger charge is -2.23. The maximum absolute atomic E-state index is 12.8. The van der Waals surface area contributed by atoms with E-state index in [1.54, 1.807) is 29.9 Å². The van der Waals surface area contributed by atoms with Crippen LogP contribution in [0.15, 0.2) is 72.6 Å². The van der Waals surface area contributed by atoms with Gasteiger partial charge < -0.3 is 4.90 Å². The zero-order valence-electron chi connectivity index (χ0n) is 16.4. The van der Waals surface area contributed by atoms with Gasteiger partial charge in [0.1, 0.15) is 5.01 Å². The van der Waals surface area contributed by atoms with Crippen LogP contribution in [0.4, 0.5) is 5.69 Å². The van der Waals surface area contributed by atoms with Crippen LogP contribution >= 0.6 is 11.3 Å². The van der Waals surface area contributed by atoms with Crippen molar-refractivity contribution in [3.63, 3.8) is 0 Å². The van der Waals surface area contributed by atoms with Gasteiger partial charge in [-0.05, 0) is 54.3 Å². The summed E-state index contributed by atoms with van der Waals surface area (Å²) in [6, 6.07) is 14.2. The van der Waals surface area contributed by atoms with Gasteiger partial charge in [-0.15, -0.1) is 11.3 Å². The molecule has 0 N–H and O–H groups in total. The number of aryl methyl sites for hydroxylation is 1. The summed E-state index contributed by atoms with van der Waals surface area (Å²) in [5.74, 6) is 0.166. The Kier molecular flexibility index (Phi) is 5.07. The van der Waals surface area contributed by atoms with Crippen LogP contribution in [0.25, 0.3) is 21.8 Å². The summed E-state index contributed by atoms with van der Waals surface area (Å²) in [5, 5.41) is 3.07. The highest BCUT2D eigenvalue weighted by Crippen LogP contribution is 2.34. The molecule has 1 aliphatic rings. The van der Waals surface area contributed by atoms with E-state index in [1.807, 2.05) is 35.4 Å². The smallest absolute Gasteiger partial charge is 0.227 e. The number of rotatable bonds is 4. The summed E-state index contributed by atoms with van der Waals surface area (Å²) in [6.07, 6.45) is 9.45. The number of amides is 1. The molecular weight excluding hydrogens is 392 g/mol. The Balaban J connectivity index is 1.48. The van der Waals surface area contributed by atoms with E-state index in [9.17, 15) is 4.79 Å². The van der Waals surface area contributed by atoms with E-state index in [0.29, 0.717) is 13.0 Å². The molecule has 6 heteroatoms.